The topological polar surface area (TPSA) is 47.7 Å². The third-order valence-corrected chi connectivity index (χ3v) is 4.90. The summed E-state index contributed by atoms with van der Waals surface area (Å²) in [5.74, 6) is 0. The van der Waals surface area contributed by atoms with Crippen molar-refractivity contribution in [3.8, 4) is 0 Å². The van der Waals surface area contributed by atoms with E-state index >= 15 is 0 Å². The predicted octanol–water partition coefficient (Wildman–Crippen LogP) is 1.07. The molecule has 3 rings (SSSR count). The van der Waals surface area contributed by atoms with Gasteiger partial charge in [-0.3, -0.25) is 4.90 Å². The van der Waals surface area contributed by atoms with Crippen LogP contribution in [-0.4, -0.2) is 53.9 Å². The van der Waals surface area contributed by atoms with E-state index in [2.05, 4.69) is 4.90 Å². The highest BCUT2D eigenvalue weighted by Gasteiger charge is 2.44. The molecule has 3 atom stereocenters. The summed E-state index contributed by atoms with van der Waals surface area (Å²) in [7, 11) is 0. The minimum atomic E-state index is -0.0216. The molecule has 3 fully saturated rings. The van der Waals surface area contributed by atoms with E-state index in [-0.39, 0.29) is 5.60 Å². The van der Waals surface area contributed by atoms with Crippen LogP contribution < -0.4 is 5.73 Å². The largest absolute Gasteiger partial charge is 0.392 e. The molecule has 0 aromatic rings. The molecule has 0 amide bonds. The molecular weight excluding hydrogens is 248 g/mol. The van der Waals surface area contributed by atoms with Crippen LogP contribution in [0.2, 0.25) is 0 Å². The van der Waals surface area contributed by atoms with Gasteiger partial charge in [-0.25, -0.2) is 0 Å². The molecule has 102 valence electrons. The lowest BCUT2D eigenvalue weighted by Crippen LogP contribution is -2.52. The highest BCUT2D eigenvalue weighted by molar-refractivity contribution is 7.80. The second-order valence-electron chi connectivity index (χ2n) is 5.78. The van der Waals surface area contributed by atoms with Gasteiger partial charge in [-0.15, -0.1) is 0 Å². The van der Waals surface area contributed by atoms with Crippen LogP contribution in [0.15, 0.2) is 0 Å². The smallest absolute Gasteiger partial charge is 0.0951 e. The monoisotopic (exact) mass is 270 g/mol. The van der Waals surface area contributed by atoms with Gasteiger partial charge in [0.05, 0.1) is 23.2 Å². The highest BCUT2D eigenvalue weighted by Crippen LogP contribution is 2.36. The summed E-state index contributed by atoms with van der Waals surface area (Å²) in [5, 5.41) is 0. The van der Waals surface area contributed by atoms with Crippen LogP contribution in [0.5, 0.6) is 0 Å². The summed E-state index contributed by atoms with van der Waals surface area (Å²) < 4.78 is 11.5. The number of nitrogens with zero attached hydrogens (tertiary/aromatic N) is 1. The molecule has 3 aliphatic rings. The van der Waals surface area contributed by atoms with Crippen molar-refractivity contribution >= 4 is 17.2 Å². The number of ether oxygens (including phenoxy) is 2. The maximum absolute atomic E-state index is 6.00. The Kier molecular flexibility index (Phi) is 3.58. The first-order chi connectivity index (χ1) is 8.70. The van der Waals surface area contributed by atoms with Crippen molar-refractivity contribution in [3.63, 3.8) is 0 Å². The quantitative estimate of drug-likeness (QED) is 0.761. The first-order valence-corrected chi connectivity index (χ1v) is 7.38. The van der Waals surface area contributed by atoms with Gasteiger partial charge < -0.3 is 15.2 Å². The molecule has 1 spiro atoms. The van der Waals surface area contributed by atoms with Gasteiger partial charge in [-0.2, -0.15) is 0 Å². The molecule has 4 nitrogen and oxygen atoms in total. The Balaban J connectivity index is 1.70. The van der Waals surface area contributed by atoms with Crippen LogP contribution in [0.4, 0.5) is 0 Å². The highest BCUT2D eigenvalue weighted by atomic mass is 32.1. The SMILES string of the molecule is NC(=S)C1CCCN1C1CCOC2(CCOC2)C1. The molecule has 18 heavy (non-hydrogen) atoms. The van der Waals surface area contributed by atoms with Crippen molar-refractivity contribution in [3.05, 3.63) is 0 Å². The standard InChI is InChI=1S/C13H22N2O2S/c14-12(18)11-2-1-5-15(11)10-3-6-17-13(8-10)4-7-16-9-13/h10-11H,1-9H2,(H2,14,18). The summed E-state index contributed by atoms with van der Waals surface area (Å²) in [6.07, 6.45) is 5.54. The van der Waals surface area contributed by atoms with Crippen LogP contribution in [-0.2, 0) is 9.47 Å². The summed E-state index contributed by atoms with van der Waals surface area (Å²) in [5.41, 5.74) is 5.85. The van der Waals surface area contributed by atoms with Crippen molar-refractivity contribution in [2.75, 3.05) is 26.4 Å². The Labute approximate surface area is 114 Å². The average Bonchev–Trinajstić information content (AvgIpc) is 2.98. The molecule has 2 N–H and O–H groups in total. The van der Waals surface area contributed by atoms with Crippen molar-refractivity contribution in [1.82, 2.24) is 4.90 Å². The van der Waals surface area contributed by atoms with E-state index in [9.17, 15) is 0 Å². The Morgan fingerprint density at radius 3 is 2.94 bits per heavy atom. The van der Waals surface area contributed by atoms with Crippen molar-refractivity contribution < 1.29 is 9.47 Å². The third kappa shape index (κ3) is 2.29. The zero-order valence-electron chi connectivity index (χ0n) is 10.8. The minimum absolute atomic E-state index is 0.0216. The second kappa shape index (κ2) is 5.04. The molecule has 3 saturated heterocycles. The summed E-state index contributed by atoms with van der Waals surface area (Å²) in [6.45, 7) is 3.57. The molecule has 0 aromatic heterocycles. The average molecular weight is 270 g/mol. The Hall–Kier alpha value is -0.230. The summed E-state index contributed by atoms with van der Waals surface area (Å²) >= 11 is 5.21. The molecule has 0 saturated carbocycles. The maximum atomic E-state index is 6.00. The van der Waals surface area contributed by atoms with E-state index < -0.39 is 0 Å². The number of hydrogen-bond acceptors (Lipinski definition) is 4. The molecule has 5 heteroatoms. The first-order valence-electron chi connectivity index (χ1n) is 6.97. The van der Waals surface area contributed by atoms with Crippen molar-refractivity contribution in [2.45, 2.75) is 49.8 Å². The molecule has 0 radical (unpaired) electrons. The molecule has 0 aromatic carbocycles. The summed E-state index contributed by atoms with van der Waals surface area (Å²) in [6, 6.07) is 0.872. The minimum Gasteiger partial charge on any atom is -0.392 e. The first kappa shape index (κ1) is 12.8. The number of thiocarbonyl (C=S) groups is 1. The van der Waals surface area contributed by atoms with E-state index in [1.165, 1.54) is 6.42 Å². The number of rotatable bonds is 2. The lowest BCUT2D eigenvalue weighted by Gasteiger charge is -2.42. The molecule has 0 aliphatic carbocycles. The normalized spacial score (nSPS) is 41.6. The molecule has 3 unspecified atom stereocenters. The zero-order valence-corrected chi connectivity index (χ0v) is 11.6. The predicted molar refractivity (Wildman–Crippen MR) is 73.7 cm³/mol. The van der Waals surface area contributed by atoms with Crippen LogP contribution >= 0.6 is 12.2 Å². The number of likely N-dealkylation sites (tertiary alicyclic amines) is 1. The van der Waals surface area contributed by atoms with Gasteiger partial charge >= 0.3 is 0 Å². The van der Waals surface area contributed by atoms with E-state index in [1.807, 2.05) is 0 Å². The van der Waals surface area contributed by atoms with Gasteiger partial charge in [0.1, 0.15) is 0 Å². The van der Waals surface area contributed by atoms with Gasteiger partial charge in [0.15, 0.2) is 0 Å². The van der Waals surface area contributed by atoms with E-state index in [0.717, 1.165) is 52.0 Å². The van der Waals surface area contributed by atoms with Crippen molar-refractivity contribution in [2.24, 2.45) is 5.73 Å². The molecule has 3 heterocycles. The van der Waals surface area contributed by atoms with E-state index in [4.69, 9.17) is 27.4 Å². The Morgan fingerprint density at radius 2 is 2.22 bits per heavy atom. The van der Waals surface area contributed by atoms with Crippen LogP contribution in [0.1, 0.15) is 32.1 Å². The maximum Gasteiger partial charge on any atom is 0.0951 e. The summed E-state index contributed by atoms with van der Waals surface area (Å²) in [4.78, 5) is 3.18. The van der Waals surface area contributed by atoms with Crippen LogP contribution in [0.25, 0.3) is 0 Å². The van der Waals surface area contributed by atoms with Gasteiger partial charge in [0.25, 0.3) is 0 Å². The van der Waals surface area contributed by atoms with Crippen LogP contribution in [0.3, 0.4) is 0 Å². The number of nitrogens with two attached hydrogens (primary N) is 1. The van der Waals surface area contributed by atoms with Gasteiger partial charge in [0.2, 0.25) is 0 Å². The third-order valence-electron chi connectivity index (χ3n) is 4.63. The molecule has 3 aliphatic heterocycles. The second-order valence-corrected chi connectivity index (χ2v) is 6.25. The lowest BCUT2D eigenvalue weighted by molar-refractivity contribution is -0.105. The zero-order chi connectivity index (χ0) is 12.6. The fourth-order valence-electron chi connectivity index (χ4n) is 3.68. The van der Waals surface area contributed by atoms with E-state index in [1.54, 1.807) is 0 Å². The fourth-order valence-corrected chi connectivity index (χ4v) is 3.93. The van der Waals surface area contributed by atoms with Crippen molar-refractivity contribution in [1.29, 1.82) is 0 Å². The molecule has 0 bridgehead atoms. The number of hydrogen-bond donors (Lipinski definition) is 1. The van der Waals surface area contributed by atoms with Gasteiger partial charge in [0, 0.05) is 25.7 Å². The van der Waals surface area contributed by atoms with Gasteiger partial charge in [-0.1, -0.05) is 12.2 Å². The van der Waals surface area contributed by atoms with E-state index in [0.29, 0.717) is 17.1 Å². The van der Waals surface area contributed by atoms with Crippen LogP contribution in [0, 0.1) is 0 Å². The Morgan fingerprint density at radius 1 is 1.33 bits per heavy atom. The lowest BCUT2D eigenvalue weighted by atomic mass is 9.88. The van der Waals surface area contributed by atoms with Gasteiger partial charge in [-0.05, 0) is 32.2 Å². The molecular formula is C13H22N2O2S. The fraction of sp³-hybridized carbons (Fsp3) is 0.923. The Bertz CT molecular complexity index is 331.